The van der Waals surface area contributed by atoms with E-state index >= 15 is 0 Å². The number of carbonyl (C=O) groups excluding carboxylic acids is 1. The molecule has 0 amide bonds. The molecule has 0 aliphatic heterocycles. The fraction of sp³-hybridized carbons (Fsp3) is 0.462. The second-order valence-electron chi connectivity index (χ2n) is 3.62. The van der Waals surface area contributed by atoms with Gasteiger partial charge < -0.3 is 15.2 Å². The van der Waals surface area contributed by atoms with E-state index in [1.54, 1.807) is 6.92 Å². The van der Waals surface area contributed by atoms with E-state index < -0.39 is 0 Å². The van der Waals surface area contributed by atoms with Crippen LogP contribution in [0.5, 0.6) is 5.75 Å². The minimum Gasteiger partial charge on any atom is -0.494 e. The first-order valence-corrected chi connectivity index (χ1v) is 5.81. The van der Waals surface area contributed by atoms with Gasteiger partial charge in [0.1, 0.15) is 5.75 Å². The minimum atomic E-state index is -0.329. The van der Waals surface area contributed by atoms with Crippen molar-refractivity contribution in [2.24, 2.45) is 5.73 Å². The monoisotopic (exact) mass is 273 g/mol. The second-order valence-corrected chi connectivity index (χ2v) is 3.62. The second kappa shape index (κ2) is 8.78. The van der Waals surface area contributed by atoms with Crippen molar-refractivity contribution in [1.29, 1.82) is 0 Å². The van der Waals surface area contributed by atoms with Crippen LogP contribution in [0, 0.1) is 0 Å². The van der Waals surface area contributed by atoms with Gasteiger partial charge in [0.25, 0.3) is 0 Å². The SMILES string of the molecule is CCOC(=O)CC(N)c1ccc(OCC)cc1.Cl. The highest BCUT2D eigenvalue weighted by Gasteiger charge is 2.12. The fourth-order valence-electron chi connectivity index (χ4n) is 1.50. The Morgan fingerprint density at radius 1 is 1.22 bits per heavy atom. The van der Waals surface area contributed by atoms with Crippen LogP contribution in [-0.2, 0) is 9.53 Å². The molecule has 0 fully saturated rings. The quantitative estimate of drug-likeness (QED) is 0.809. The van der Waals surface area contributed by atoms with Crippen molar-refractivity contribution in [1.82, 2.24) is 0 Å². The fourth-order valence-corrected chi connectivity index (χ4v) is 1.50. The molecule has 1 aromatic carbocycles. The van der Waals surface area contributed by atoms with Gasteiger partial charge in [-0.15, -0.1) is 12.4 Å². The summed E-state index contributed by atoms with van der Waals surface area (Å²) in [5.74, 6) is 0.536. The summed E-state index contributed by atoms with van der Waals surface area (Å²) in [5.41, 5.74) is 6.81. The average molecular weight is 274 g/mol. The molecule has 1 rings (SSSR count). The van der Waals surface area contributed by atoms with Crippen LogP contribution in [0.1, 0.15) is 31.9 Å². The van der Waals surface area contributed by atoms with Gasteiger partial charge in [0.2, 0.25) is 0 Å². The topological polar surface area (TPSA) is 61.5 Å². The lowest BCUT2D eigenvalue weighted by molar-refractivity contribution is -0.143. The Balaban J connectivity index is 0.00000289. The first-order chi connectivity index (χ1) is 8.17. The predicted octanol–water partition coefficient (Wildman–Crippen LogP) is 2.46. The maximum absolute atomic E-state index is 11.3. The molecule has 0 spiro atoms. The summed E-state index contributed by atoms with van der Waals surface area (Å²) in [6.45, 7) is 4.73. The van der Waals surface area contributed by atoms with Gasteiger partial charge in [-0.05, 0) is 31.5 Å². The van der Waals surface area contributed by atoms with Gasteiger partial charge in [-0.2, -0.15) is 0 Å². The number of ether oxygens (including phenoxy) is 2. The van der Waals surface area contributed by atoms with E-state index in [1.807, 2.05) is 31.2 Å². The maximum atomic E-state index is 11.3. The summed E-state index contributed by atoms with van der Waals surface area (Å²) in [7, 11) is 0. The lowest BCUT2D eigenvalue weighted by Gasteiger charge is -2.12. The lowest BCUT2D eigenvalue weighted by Crippen LogP contribution is -2.17. The Morgan fingerprint density at radius 2 is 1.83 bits per heavy atom. The summed E-state index contributed by atoms with van der Waals surface area (Å²) >= 11 is 0. The van der Waals surface area contributed by atoms with Gasteiger partial charge in [-0.25, -0.2) is 0 Å². The number of esters is 1. The summed E-state index contributed by atoms with van der Waals surface area (Å²) in [6, 6.07) is 7.11. The van der Waals surface area contributed by atoms with Gasteiger partial charge in [-0.3, -0.25) is 4.79 Å². The number of rotatable bonds is 6. The molecule has 102 valence electrons. The van der Waals surface area contributed by atoms with E-state index in [9.17, 15) is 4.79 Å². The van der Waals surface area contributed by atoms with Gasteiger partial charge in [0, 0.05) is 6.04 Å². The molecule has 18 heavy (non-hydrogen) atoms. The highest BCUT2D eigenvalue weighted by molar-refractivity contribution is 5.85. The van der Waals surface area contributed by atoms with E-state index in [2.05, 4.69) is 0 Å². The third-order valence-electron chi connectivity index (χ3n) is 2.31. The van der Waals surface area contributed by atoms with Crippen LogP contribution in [0.4, 0.5) is 0 Å². The highest BCUT2D eigenvalue weighted by Crippen LogP contribution is 2.18. The molecule has 1 atom stereocenters. The van der Waals surface area contributed by atoms with E-state index in [4.69, 9.17) is 15.2 Å². The van der Waals surface area contributed by atoms with Crippen LogP contribution in [-0.4, -0.2) is 19.2 Å². The van der Waals surface area contributed by atoms with E-state index in [0.717, 1.165) is 11.3 Å². The van der Waals surface area contributed by atoms with Crippen molar-refractivity contribution in [2.75, 3.05) is 13.2 Å². The molecule has 5 heteroatoms. The van der Waals surface area contributed by atoms with E-state index in [1.165, 1.54) is 0 Å². The van der Waals surface area contributed by atoms with Crippen LogP contribution in [0.3, 0.4) is 0 Å². The van der Waals surface area contributed by atoms with E-state index in [-0.39, 0.29) is 30.8 Å². The molecule has 0 saturated heterocycles. The van der Waals surface area contributed by atoms with Crippen LogP contribution in [0.15, 0.2) is 24.3 Å². The van der Waals surface area contributed by atoms with Gasteiger partial charge >= 0.3 is 5.97 Å². The molecule has 2 N–H and O–H groups in total. The summed E-state index contributed by atoms with van der Waals surface area (Å²) in [6.07, 6.45) is 0.196. The molecular weight excluding hydrogens is 254 g/mol. The molecule has 0 aliphatic carbocycles. The highest BCUT2D eigenvalue weighted by atomic mass is 35.5. The number of hydrogen-bond donors (Lipinski definition) is 1. The zero-order valence-electron chi connectivity index (χ0n) is 10.7. The van der Waals surface area contributed by atoms with Crippen molar-refractivity contribution in [3.8, 4) is 5.75 Å². The molecule has 4 nitrogen and oxygen atoms in total. The van der Waals surface area contributed by atoms with E-state index in [0.29, 0.717) is 13.2 Å². The van der Waals surface area contributed by atoms with Crippen LogP contribution in [0.2, 0.25) is 0 Å². The van der Waals surface area contributed by atoms with Gasteiger partial charge in [0.05, 0.1) is 19.6 Å². The third kappa shape index (κ3) is 5.38. The predicted molar refractivity (Wildman–Crippen MR) is 73.0 cm³/mol. The molecule has 0 heterocycles. The van der Waals surface area contributed by atoms with Crippen molar-refractivity contribution in [3.63, 3.8) is 0 Å². The Morgan fingerprint density at radius 3 is 2.33 bits per heavy atom. The number of halogens is 1. The molecule has 0 saturated carbocycles. The molecule has 1 aromatic rings. The first-order valence-electron chi connectivity index (χ1n) is 5.81. The third-order valence-corrected chi connectivity index (χ3v) is 2.31. The number of nitrogens with two attached hydrogens (primary N) is 1. The van der Waals surface area contributed by atoms with Crippen molar-refractivity contribution >= 4 is 18.4 Å². The molecule has 0 aromatic heterocycles. The van der Waals surface area contributed by atoms with Crippen molar-refractivity contribution < 1.29 is 14.3 Å². The van der Waals surface area contributed by atoms with Crippen molar-refractivity contribution in [2.45, 2.75) is 26.3 Å². The van der Waals surface area contributed by atoms with Gasteiger partial charge in [0.15, 0.2) is 0 Å². The molecule has 0 bridgehead atoms. The Bertz CT molecular complexity index is 354. The van der Waals surface area contributed by atoms with Crippen LogP contribution < -0.4 is 10.5 Å². The number of benzene rings is 1. The number of carbonyl (C=O) groups is 1. The smallest absolute Gasteiger partial charge is 0.307 e. The molecule has 0 radical (unpaired) electrons. The largest absolute Gasteiger partial charge is 0.494 e. The van der Waals surface area contributed by atoms with Crippen LogP contribution in [0.25, 0.3) is 0 Å². The molecule has 1 unspecified atom stereocenters. The summed E-state index contributed by atoms with van der Waals surface area (Å²) < 4.78 is 10.2. The summed E-state index contributed by atoms with van der Waals surface area (Å²) in [5, 5.41) is 0. The number of hydrogen-bond acceptors (Lipinski definition) is 4. The Hall–Kier alpha value is -1.26. The zero-order chi connectivity index (χ0) is 12.7. The Kier molecular flexibility index (Phi) is 8.16. The zero-order valence-corrected chi connectivity index (χ0v) is 11.5. The Labute approximate surface area is 114 Å². The molecular formula is C13H20ClNO3. The molecule has 0 aliphatic rings. The normalized spacial score (nSPS) is 11.3. The summed E-state index contributed by atoms with van der Waals surface area (Å²) in [4.78, 5) is 11.3. The first kappa shape index (κ1) is 16.7. The lowest BCUT2D eigenvalue weighted by atomic mass is 10.0. The average Bonchev–Trinajstić information content (AvgIpc) is 2.30. The standard InChI is InChI=1S/C13H19NO3.ClH/c1-3-16-11-7-5-10(6-8-11)12(14)9-13(15)17-4-2;/h5-8,12H,3-4,9,14H2,1-2H3;1H. The van der Waals surface area contributed by atoms with Crippen LogP contribution >= 0.6 is 12.4 Å². The minimum absolute atomic E-state index is 0. The van der Waals surface area contributed by atoms with Gasteiger partial charge in [-0.1, -0.05) is 12.1 Å². The van der Waals surface area contributed by atoms with Crippen molar-refractivity contribution in [3.05, 3.63) is 29.8 Å². The maximum Gasteiger partial charge on any atom is 0.307 e.